The fraction of sp³-hybridized carbons (Fsp3) is 0.909. The Morgan fingerprint density at radius 1 is 1.50 bits per heavy atom. The number of ether oxygens (including phenoxy) is 2. The van der Waals surface area contributed by atoms with E-state index < -0.39 is 0 Å². The Morgan fingerprint density at radius 3 is 2.93 bits per heavy atom. The first-order valence-electron chi connectivity index (χ1n) is 5.57. The van der Waals surface area contributed by atoms with E-state index in [0.717, 1.165) is 25.7 Å². The number of unbranched alkanes of at least 4 members (excludes halogenated alkanes) is 1. The summed E-state index contributed by atoms with van der Waals surface area (Å²) >= 11 is 0. The number of rotatable bonds is 5. The molecule has 0 radical (unpaired) electrons. The highest BCUT2D eigenvalue weighted by Crippen LogP contribution is 2.24. The summed E-state index contributed by atoms with van der Waals surface area (Å²) in [6.07, 6.45) is 3.82. The fourth-order valence-electron chi connectivity index (χ4n) is 1.74. The molecule has 0 aliphatic carbocycles. The van der Waals surface area contributed by atoms with Gasteiger partial charge in [-0.1, -0.05) is 20.3 Å². The van der Waals surface area contributed by atoms with Gasteiger partial charge in [0, 0.05) is 6.61 Å². The average molecular weight is 200 g/mol. The standard InChI is InChI=1S/C11H20O3/c1-3-5-7-14-11(12)9-6-8-13-10(9)4-2/h9-10H,3-8H2,1-2H3. The number of hydrogen-bond donors (Lipinski definition) is 0. The number of esters is 1. The van der Waals surface area contributed by atoms with E-state index in [2.05, 4.69) is 6.92 Å². The predicted molar refractivity (Wildman–Crippen MR) is 54.0 cm³/mol. The van der Waals surface area contributed by atoms with Gasteiger partial charge in [-0.05, 0) is 19.3 Å². The van der Waals surface area contributed by atoms with Crippen molar-refractivity contribution in [1.29, 1.82) is 0 Å². The Bertz CT molecular complexity index is 179. The molecule has 1 aliphatic heterocycles. The Labute approximate surface area is 85.8 Å². The molecule has 0 spiro atoms. The van der Waals surface area contributed by atoms with Gasteiger partial charge in [-0.3, -0.25) is 4.79 Å². The van der Waals surface area contributed by atoms with Crippen LogP contribution in [0.2, 0.25) is 0 Å². The molecule has 0 bridgehead atoms. The topological polar surface area (TPSA) is 35.5 Å². The number of carbonyl (C=O) groups is 1. The third kappa shape index (κ3) is 2.98. The maximum atomic E-state index is 11.6. The first-order valence-corrected chi connectivity index (χ1v) is 5.57. The molecule has 3 nitrogen and oxygen atoms in total. The molecular formula is C11H20O3. The van der Waals surface area contributed by atoms with Crippen molar-refractivity contribution in [1.82, 2.24) is 0 Å². The summed E-state index contributed by atoms with van der Waals surface area (Å²) < 4.78 is 10.6. The highest BCUT2D eigenvalue weighted by atomic mass is 16.5. The monoisotopic (exact) mass is 200 g/mol. The molecule has 2 unspecified atom stereocenters. The second-order valence-corrected chi connectivity index (χ2v) is 3.73. The van der Waals surface area contributed by atoms with E-state index in [4.69, 9.17) is 9.47 Å². The van der Waals surface area contributed by atoms with Crippen LogP contribution < -0.4 is 0 Å². The lowest BCUT2D eigenvalue weighted by Crippen LogP contribution is -2.25. The molecule has 0 aromatic heterocycles. The molecule has 82 valence electrons. The van der Waals surface area contributed by atoms with Crippen molar-refractivity contribution in [2.24, 2.45) is 5.92 Å². The molecule has 1 saturated heterocycles. The Balaban J connectivity index is 2.28. The Kier molecular flexibility index (Phi) is 4.94. The fourth-order valence-corrected chi connectivity index (χ4v) is 1.74. The van der Waals surface area contributed by atoms with Crippen LogP contribution in [0.25, 0.3) is 0 Å². The Morgan fingerprint density at radius 2 is 2.29 bits per heavy atom. The van der Waals surface area contributed by atoms with Gasteiger partial charge in [0.25, 0.3) is 0 Å². The summed E-state index contributed by atoms with van der Waals surface area (Å²) in [7, 11) is 0. The quantitative estimate of drug-likeness (QED) is 0.504. The van der Waals surface area contributed by atoms with Crippen LogP contribution >= 0.6 is 0 Å². The van der Waals surface area contributed by atoms with Crippen molar-refractivity contribution in [3.05, 3.63) is 0 Å². The van der Waals surface area contributed by atoms with Gasteiger partial charge in [0.05, 0.1) is 18.6 Å². The highest BCUT2D eigenvalue weighted by Gasteiger charge is 2.33. The normalized spacial score (nSPS) is 26.4. The van der Waals surface area contributed by atoms with E-state index in [1.807, 2.05) is 6.92 Å². The van der Waals surface area contributed by atoms with Gasteiger partial charge in [0.2, 0.25) is 0 Å². The molecule has 0 saturated carbocycles. The summed E-state index contributed by atoms with van der Waals surface area (Å²) in [5.74, 6) is -0.0837. The van der Waals surface area contributed by atoms with E-state index in [9.17, 15) is 4.79 Å². The summed E-state index contributed by atoms with van der Waals surface area (Å²) in [4.78, 5) is 11.6. The van der Waals surface area contributed by atoms with E-state index in [1.165, 1.54) is 0 Å². The van der Waals surface area contributed by atoms with Gasteiger partial charge in [-0.25, -0.2) is 0 Å². The summed E-state index contributed by atoms with van der Waals surface area (Å²) in [6.45, 7) is 5.39. The van der Waals surface area contributed by atoms with Crippen LogP contribution in [0, 0.1) is 5.92 Å². The highest BCUT2D eigenvalue weighted by molar-refractivity contribution is 5.73. The van der Waals surface area contributed by atoms with Crippen molar-refractivity contribution in [3.8, 4) is 0 Å². The van der Waals surface area contributed by atoms with Crippen LogP contribution in [0.5, 0.6) is 0 Å². The lowest BCUT2D eigenvalue weighted by atomic mass is 10.00. The van der Waals surface area contributed by atoms with Crippen LogP contribution in [0.3, 0.4) is 0 Å². The van der Waals surface area contributed by atoms with Crippen LogP contribution in [0.15, 0.2) is 0 Å². The zero-order valence-electron chi connectivity index (χ0n) is 9.12. The van der Waals surface area contributed by atoms with E-state index in [1.54, 1.807) is 0 Å². The van der Waals surface area contributed by atoms with Gasteiger partial charge >= 0.3 is 5.97 Å². The minimum atomic E-state index is -0.0669. The summed E-state index contributed by atoms with van der Waals surface area (Å²) in [5.41, 5.74) is 0. The zero-order valence-corrected chi connectivity index (χ0v) is 9.12. The zero-order chi connectivity index (χ0) is 10.4. The van der Waals surface area contributed by atoms with Crippen molar-refractivity contribution in [2.75, 3.05) is 13.2 Å². The maximum absolute atomic E-state index is 11.6. The van der Waals surface area contributed by atoms with Gasteiger partial charge in [0.1, 0.15) is 0 Å². The van der Waals surface area contributed by atoms with Crippen molar-refractivity contribution >= 4 is 5.97 Å². The number of carbonyl (C=O) groups excluding carboxylic acids is 1. The molecule has 0 aromatic rings. The van der Waals surface area contributed by atoms with Gasteiger partial charge in [0.15, 0.2) is 0 Å². The van der Waals surface area contributed by atoms with Crippen molar-refractivity contribution in [2.45, 2.75) is 45.6 Å². The molecule has 1 fully saturated rings. The smallest absolute Gasteiger partial charge is 0.311 e. The van der Waals surface area contributed by atoms with Crippen LogP contribution in [0.1, 0.15) is 39.5 Å². The third-order valence-corrected chi connectivity index (χ3v) is 2.66. The molecule has 1 aliphatic rings. The maximum Gasteiger partial charge on any atom is 0.311 e. The molecule has 0 aromatic carbocycles. The summed E-state index contributed by atoms with van der Waals surface area (Å²) in [5, 5.41) is 0. The van der Waals surface area contributed by atoms with Crippen LogP contribution in [0.4, 0.5) is 0 Å². The second-order valence-electron chi connectivity index (χ2n) is 3.73. The number of hydrogen-bond acceptors (Lipinski definition) is 3. The SMILES string of the molecule is CCCCOC(=O)C1CCOC1CC. The third-order valence-electron chi connectivity index (χ3n) is 2.66. The predicted octanol–water partition coefficient (Wildman–Crippen LogP) is 2.14. The van der Waals surface area contributed by atoms with Gasteiger partial charge < -0.3 is 9.47 Å². The molecule has 14 heavy (non-hydrogen) atoms. The molecule has 2 atom stereocenters. The van der Waals surface area contributed by atoms with E-state index in [-0.39, 0.29) is 18.0 Å². The molecular weight excluding hydrogens is 180 g/mol. The molecule has 1 heterocycles. The lowest BCUT2D eigenvalue weighted by Gasteiger charge is -2.15. The molecule has 0 amide bonds. The van der Waals surface area contributed by atoms with Gasteiger partial charge in [-0.2, -0.15) is 0 Å². The first-order chi connectivity index (χ1) is 6.79. The lowest BCUT2D eigenvalue weighted by molar-refractivity contribution is -0.150. The van der Waals surface area contributed by atoms with Gasteiger partial charge in [-0.15, -0.1) is 0 Å². The van der Waals surface area contributed by atoms with Crippen molar-refractivity contribution in [3.63, 3.8) is 0 Å². The molecule has 1 rings (SSSR count). The summed E-state index contributed by atoms with van der Waals surface area (Å²) in [6, 6.07) is 0. The first kappa shape index (κ1) is 11.5. The van der Waals surface area contributed by atoms with Crippen LogP contribution in [-0.4, -0.2) is 25.3 Å². The Hall–Kier alpha value is -0.570. The van der Waals surface area contributed by atoms with Crippen molar-refractivity contribution < 1.29 is 14.3 Å². The van der Waals surface area contributed by atoms with E-state index in [0.29, 0.717) is 13.2 Å². The minimum Gasteiger partial charge on any atom is -0.465 e. The minimum absolute atomic E-state index is 0.0168. The largest absolute Gasteiger partial charge is 0.465 e. The van der Waals surface area contributed by atoms with E-state index >= 15 is 0 Å². The van der Waals surface area contributed by atoms with Crippen LogP contribution in [-0.2, 0) is 14.3 Å². The second kappa shape index (κ2) is 6.02. The molecule has 0 N–H and O–H groups in total. The molecule has 3 heteroatoms. The average Bonchev–Trinajstić information content (AvgIpc) is 2.65.